The second-order valence-electron chi connectivity index (χ2n) is 7.82. The Hall–Kier alpha value is -2.47. The molecule has 5 nitrogen and oxygen atoms in total. The summed E-state index contributed by atoms with van der Waals surface area (Å²) in [5.74, 6) is 4.71. The highest BCUT2D eigenvalue weighted by Crippen LogP contribution is 2.47. The predicted molar refractivity (Wildman–Crippen MR) is 117 cm³/mol. The van der Waals surface area contributed by atoms with E-state index in [4.69, 9.17) is 4.42 Å². The van der Waals surface area contributed by atoms with Gasteiger partial charge in [0, 0.05) is 47.8 Å². The van der Waals surface area contributed by atoms with Crippen molar-refractivity contribution in [3.05, 3.63) is 59.1 Å². The number of hydrogen-bond acceptors (Lipinski definition) is 4. The van der Waals surface area contributed by atoms with Crippen LogP contribution in [0.2, 0.25) is 0 Å². The molecule has 29 heavy (non-hydrogen) atoms. The van der Waals surface area contributed by atoms with Gasteiger partial charge in [-0.25, -0.2) is 0 Å². The lowest BCUT2D eigenvalue weighted by Gasteiger charge is -2.26. The van der Waals surface area contributed by atoms with E-state index in [1.807, 2.05) is 41.8 Å². The van der Waals surface area contributed by atoms with Crippen molar-refractivity contribution >= 4 is 35.3 Å². The summed E-state index contributed by atoms with van der Waals surface area (Å²) in [6, 6.07) is 9.32. The first-order chi connectivity index (χ1) is 14.0. The van der Waals surface area contributed by atoms with Crippen molar-refractivity contribution in [3.63, 3.8) is 0 Å². The Morgan fingerprint density at radius 2 is 1.97 bits per heavy atom. The number of carbonyl (C=O) groups is 2. The van der Waals surface area contributed by atoms with Crippen molar-refractivity contribution in [1.29, 1.82) is 0 Å². The van der Waals surface area contributed by atoms with Crippen molar-refractivity contribution in [3.8, 4) is 0 Å². The Balaban J connectivity index is 1.36. The normalized spacial score (nSPS) is 21.4. The minimum absolute atomic E-state index is 0.0600. The molecule has 0 bridgehead atoms. The lowest BCUT2D eigenvalue weighted by Crippen LogP contribution is -2.37. The third kappa shape index (κ3) is 4.75. The molecule has 1 saturated heterocycles. The van der Waals surface area contributed by atoms with E-state index < -0.39 is 0 Å². The fourth-order valence-corrected chi connectivity index (χ4v) is 4.50. The minimum Gasteiger partial charge on any atom is -0.461 e. The van der Waals surface area contributed by atoms with E-state index >= 15 is 0 Å². The van der Waals surface area contributed by atoms with Gasteiger partial charge in [-0.1, -0.05) is 6.92 Å². The lowest BCUT2D eigenvalue weighted by molar-refractivity contribution is -0.111. The van der Waals surface area contributed by atoms with Crippen LogP contribution >= 0.6 is 11.8 Å². The lowest BCUT2D eigenvalue weighted by atomic mass is 10.1. The maximum absolute atomic E-state index is 12.6. The molecule has 2 aromatic rings. The zero-order valence-electron chi connectivity index (χ0n) is 16.8. The van der Waals surface area contributed by atoms with Crippen LogP contribution in [-0.2, 0) is 4.79 Å². The second-order valence-corrected chi connectivity index (χ2v) is 9.04. The fourth-order valence-electron chi connectivity index (χ4n) is 3.59. The number of amides is 2. The molecule has 0 spiro atoms. The number of hydrogen-bond donors (Lipinski definition) is 1. The highest BCUT2D eigenvalue weighted by Gasteiger charge is 2.36. The van der Waals surface area contributed by atoms with Crippen LogP contribution in [-0.4, -0.2) is 41.3 Å². The third-order valence-corrected chi connectivity index (χ3v) is 6.49. The zero-order valence-corrected chi connectivity index (χ0v) is 17.6. The number of rotatable bonds is 5. The van der Waals surface area contributed by atoms with E-state index in [0.29, 0.717) is 28.8 Å². The Labute approximate surface area is 175 Å². The van der Waals surface area contributed by atoms with Gasteiger partial charge in [-0.05, 0) is 61.2 Å². The van der Waals surface area contributed by atoms with Gasteiger partial charge in [0.1, 0.15) is 11.5 Å². The van der Waals surface area contributed by atoms with Crippen LogP contribution in [0.4, 0.5) is 5.69 Å². The van der Waals surface area contributed by atoms with E-state index in [1.165, 1.54) is 12.5 Å². The smallest absolute Gasteiger partial charge is 0.253 e. The first-order valence-corrected chi connectivity index (χ1v) is 11.2. The molecule has 2 amide bonds. The summed E-state index contributed by atoms with van der Waals surface area (Å²) in [4.78, 5) is 26.8. The van der Waals surface area contributed by atoms with Crippen molar-refractivity contribution < 1.29 is 14.0 Å². The number of furan rings is 1. The molecule has 2 fully saturated rings. The average molecular weight is 411 g/mol. The maximum Gasteiger partial charge on any atom is 0.253 e. The van der Waals surface area contributed by atoms with Crippen molar-refractivity contribution in [1.82, 2.24) is 4.90 Å². The molecule has 152 valence electrons. The van der Waals surface area contributed by atoms with Crippen LogP contribution in [0, 0.1) is 12.8 Å². The van der Waals surface area contributed by atoms with Gasteiger partial charge in [-0.2, -0.15) is 11.8 Å². The van der Waals surface area contributed by atoms with Gasteiger partial charge >= 0.3 is 0 Å². The van der Waals surface area contributed by atoms with Crippen molar-refractivity contribution in [2.75, 3.05) is 29.9 Å². The SMILES string of the molecule is Cc1cc(C(=O)N2CCSCC2)ccc1NC(=O)/C=C/c1ccc(C2CC2C)o1. The first-order valence-electron chi connectivity index (χ1n) is 10.1. The topological polar surface area (TPSA) is 62.6 Å². The quantitative estimate of drug-likeness (QED) is 0.735. The van der Waals surface area contributed by atoms with Crippen LogP contribution in [0.5, 0.6) is 0 Å². The van der Waals surface area contributed by atoms with E-state index in [9.17, 15) is 9.59 Å². The van der Waals surface area contributed by atoms with Gasteiger partial charge in [0.2, 0.25) is 5.91 Å². The van der Waals surface area contributed by atoms with Crippen LogP contribution in [0.25, 0.3) is 6.08 Å². The molecule has 1 aliphatic heterocycles. The van der Waals surface area contributed by atoms with Crippen molar-refractivity contribution in [2.45, 2.75) is 26.2 Å². The summed E-state index contributed by atoms with van der Waals surface area (Å²) < 4.78 is 5.79. The maximum atomic E-state index is 12.6. The number of benzene rings is 1. The zero-order chi connectivity index (χ0) is 20.4. The highest BCUT2D eigenvalue weighted by atomic mass is 32.2. The molecule has 2 atom stereocenters. The Kier molecular flexibility index (Phi) is 5.81. The number of anilines is 1. The molecule has 2 aliphatic rings. The van der Waals surface area contributed by atoms with Crippen LogP contribution < -0.4 is 5.32 Å². The number of nitrogens with zero attached hydrogens (tertiary/aromatic N) is 1. The van der Waals surface area contributed by atoms with E-state index in [-0.39, 0.29) is 11.8 Å². The van der Waals surface area contributed by atoms with Crippen molar-refractivity contribution in [2.24, 2.45) is 5.92 Å². The third-order valence-electron chi connectivity index (χ3n) is 5.55. The molecule has 1 aliphatic carbocycles. The van der Waals surface area contributed by atoms with Gasteiger partial charge in [-0.3, -0.25) is 9.59 Å². The molecule has 0 radical (unpaired) electrons. The van der Waals surface area contributed by atoms with Gasteiger partial charge < -0.3 is 14.6 Å². The second kappa shape index (κ2) is 8.49. The summed E-state index contributed by atoms with van der Waals surface area (Å²) in [6.45, 7) is 5.70. The number of thioether (sulfide) groups is 1. The minimum atomic E-state index is -0.224. The fraction of sp³-hybridized carbons (Fsp3) is 0.391. The van der Waals surface area contributed by atoms with E-state index in [2.05, 4.69) is 12.2 Å². The summed E-state index contributed by atoms with van der Waals surface area (Å²) in [5, 5.41) is 2.88. The number of nitrogens with one attached hydrogen (secondary N) is 1. The van der Waals surface area contributed by atoms with Gasteiger partial charge in [0.25, 0.3) is 5.91 Å². The molecule has 1 saturated carbocycles. The molecule has 4 rings (SSSR count). The first kappa shape index (κ1) is 19.8. The Morgan fingerprint density at radius 3 is 2.66 bits per heavy atom. The summed E-state index contributed by atoms with van der Waals surface area (Å²) in [6.07, 6.45) is 4.34. The molecule has 2 heterocycles. The molecule has 6 heteroatoms. The molecule has 1 aromatic carbocycles. The summed E-state index contributed by atoms with van der Waals surface area (Å²) in [7, 11) is 0. The van der Waals surface area contributed by atoms with Crippen LogP contribution in [0.3, 0.4) is 0 Å². The largest absolute Gasteiger partial charge is 0.461 e. The van der Waals surface area contributed by atoms with Gasteiger partial charge in [0.15, 0.2) is 0 Å². The summed E-state index contributed by atoms with van der Waals surface area (Å²) >= 11 is 1.88. The monoisotopic (exact) mass is 410 g/mol. The van der Waals surface area contributed by atoms with E-state index in [0.717, 1.165) is 35.9 Å². The molecular formula is C23H26N2O3S. The highest BCUT2D eigenvalue weighted by molar-refractivity contribution is 7.99. The number of aryl methyl sites for hydroxylation is 1. The molecule has 1 aromatic heterocycles. The predicted octanol–water partition coefficient (Wildman–Crippen LogP) is 4.55. The van der Waals surface area contributed by atoms with Gasteiger partial charge in [0.05, 0.1) is 0 Å². The average Bonchev–Trinajstić information content (AvgIpc) is 3.27. The Morgan fingerprint density at radius 1 is 1.21 bits per heavy atom. The van der Waals surface area contributed by atoms with E-state index in [1.54, 1.807) is 18.2 Å². The van der Waals surface area contributed by atoms with Gasteiger partial charge in [-0.15, -0.1) is 0 Å². The van der Waals surface area contributed by atoms with Crippen LogP contribution in [0.15, 0.2) is 40.8 Å². The molecule has 2 unspecified atom stereocenters. The molecule has 1 N–H and O–H groups in total. The molecular weight excluding hydrogens is 384 g/mol. The standard InChI is InChI=1S/C23H26N2O3S/c1-15-14-19(15)21-7-4-18(28-21)5-8-22(26)24-20-6-3-17(13-16(20)2)23(27)25-9-11-29-12-10-25/h3-8,13,15,19H,9-12,14H2,1-2H3,(H,24,26)/b8-5+. The summed E-state index contributed by atoms with van der Waals surface area (Å²) in [5.41, 5.74) is 2.24. The van der Waals surface area contributed by atoms with Crippen LogP contribution in [0.1, 0.15) is 46.7 Å². The Bertz CT molecular complexity index is 943. The number of carbonyl (C=O) groups excluding carboxylic acids is 2.